The van der Waals surface area contributed by atoms with Gasteiger partial charge in [-0.15, -0.1) is 0 Å². The van der Waals surface area contributed by atoms with Gasteiger partial charge in [-0.1, -0.05) is 124 Å². The maximum atomic E-state index is 13.0. The second-order valence-electron chi connectivity index (χ2n) is 16.4. The molecule has 10 atom stereocenters. The first-order valence-electron chi connectivity index (χ1n) is 23.9. The van der Waals surface area contributed by atoms with Crippen LogP contribution in [0.15, 0.2) is 97.2 Å². The summed E-state index contributed by atoms with van der Waals surface area (Å²) >= 11 is 0. The predicted octanol–water partition coefficient (Wildman–Crippen LogP) is 7.11. The molecule has 1 rings (SSSR count). The van der Waals surface area contributed by atoms with Crippen LogP contribution in [0, 0.1) is 0 Å². The molecular formula is C49H80O18P2. The van der Waals surface area contributed by atoms with E-state index in [1.807, 2.05) is 36.5 Å². The van der Waals surface area contributed by atoms with Gasteiger partial charge in [-0.25, -0.2) is 9.13 Å². The van der Waals surface area contributed by atoms with Crippen LogP contribution in [0.2, 0.25) is 0 Å². The van der Waals surface area contributed by atoms with Gasteiger partial charge in [-0.2, -0.15) is 0 Å². The van der Waals surface area contributed by atoms with Gasteiger partial charge in [0, 0.05) is 12.8 Å². The normalized spacial score (nSPS) is 22.9. The quantitative estimate of drug-likeness (QED) is 0.0129. The van der Waals surface area contributed by atoms with Crippen LogP contribution in [0.25, 0.3) is 0 Å². The standard InChI is InChI=1S/C49H80O18P2/c1-3-5-7-9-11-13-15-17-18-19-20-21-23-25-27-29-31-35-43(53)65-39(38-64-69(61,62)67-49-46(56)44(54)45(55)48(47(49)57)66-68(58,59)60)37-63-42(52)36-32-34-41(51)40(50)33-30-28-26-24-22-16-14-12-10-8-6-4-2/h6,8,11-14,17-18,20-22,24-25,27-28,30,39-41,44-51,54-57H,3-5,7,9-10,15-16,19,23,26,29,31-38H2,1-2H3,(H,61,62)(H2,58,59,60)/b8-6-,13-11-,14-12-,18-17-,21-20-,24-22-,27-25-,30-28-/t39-,40+,41+,44?,45?,46?,47?,48-,49+/m1/s1. The molecule has 0 aliphatic heterocycles. The predicted molar refractivity (Wildman–Crippen MR) is 262 cm³/mol. The SMILES string of the molecule is CC/C=C\C/C=C\C/C=C\C/C=C\C[C@H](O)[C@@H](O)CCCC(=O)OC[C@H](COP(=O)(O)O[C@H]1C(O)C(O)C(O)[C@@H](OP(=O)(O)O)C1O)OC(=O)CCC/C=C\C/C=C\C/C=C\C/C=C\CCCCC. The van der Waals surface area contributed by atoms with E-state index >= 15 is 0 Å². The van der Waals surface area contributed by atoms with Crippen LogP contribution in [-0.2, 0) is 41.8 Å². The molecule has 0 spiro atoms. The fourth-order valence-electron chi connectivity index (χ4n) is 6.52. The Kier molecular flexibility index (Phi) is 35.6. The number of carbonyl (C=O) groups excluding carboxylic acids is 2. The molecule has 0 saturated heterocycles. The first-order valence-corrected chi connectivity index (χ1v) is 27.0. The zero-order valence-electron chi connectivity index (χ0n) is 40.2. The third-order valence-electron chi connectivity index (χ3n) is 10.3. The lowest BCUT2D eigenvalue weighted by molar-refractivity contribution is -0.216. The molecule has 20 heteroatoms. The van der Waals surface area contributed by atoms with Gasteiger partial charge in [0.2, 0.25) is 0 Å². The van der Waals surface area contributed by atoms with Crippen molar-refractivity contribution in [1.29, 1.82) is 0 Å². The highest BCUT2D eigenvalue weighted by Crippen LogP contribution is 2.49. The van der Waals surface area contributed by atoms with Crippen molar-refractivity contribution in [2.75, 3.05) is 13.2 Å². The second kappa shape index (κ2) is 38.5. The topological polar surface area (TPSA) is 296 Å². The van der Waals surface area contributed by atoms with E-state index in [1.165, 1.54) is 19.3 Å². The van der Waals surface area contributed by atoms with E-state index < -0.39 is 95.7 Å². The largest absolute Gasteiger partial charge is 0.472 e. The molecule has 1 aliphatic rings. The number of esters is 2. The lowest BCUT2D eigenvalue weighted by atomic mass is 9.85. The lowest BCUT2D eigenvalue weighted by Crippen LogP contribution is -2.64. The monoisotopic (exact) mass is 1020 g/mol. The van der Waals surface area contributed by atoms with Gasteiger partial charge >= 0.3 is 27.6 Å². The average Bonchev–Trinajstić information content (AvgIpc) is 3.30. The molecule has 5 unspecified atom stereocenters. The first-order chi connectivity index (χ1) is 32.9. The van der Waals surface area contributed by atoms with Gasteiger partial charge in [0.1, 0.15) is 43.2 Å². The Morgan fingerprint density at radius 1 is 0.536 bits per heavy atom. The zero-order chi connectivity index (χ0) is 51.3. The molecule has 0 amide bonds. The summed E-state index contributed by atoms with van der Waals surface area (Å²) in [5.41, 5.74) is 0. The van der Waals surface area contributed by atoms with Crippen LogP contribution >= 0.6 is 15.6 Å². The molecule has 1 fully saturated rings. The third kappa shape index (κ3) is 32.4. The van der Waals surface area contributed by atoms with Crippen LogP contribution in [0.4, 0.5) is 0 Å². The summed E-state index contributed by atoms with van der Waals surface area (Å²) < 4.78 is 49.1. The molecule has 0 aromatic heterocycles. The number of phosphoric acid groups is 2. The Labute approximate surface area is 408 Å². The van der Waals surface area contributed by atoms with Crippen LogP contribution in [0.5, 0.6) is 0 Å². The number of aliphatic hydroxyl groups is 6. The van der Waals surface area contributed by atoms with Crippen LogP contribution in [-0.4, -0.2) is 125 Å². The molecule has 18 nitrogen and oxygen atoms in total. The van der Waals surface area contributed by atoms with Crippen LogP contribution in [0.1, 0.15) is 129 Å². The van der Waals surface area contributed by atoms with Gasteiger partial charge in [-0.05, 0) is 89.9 Å². The van der Waals surface area contributed by atoms with E-state index in [9.17, 15) is 64.0 Å². The minimum atomic E-state index is -5.41. The summed E-state index contributed by atoms with van der Waals surface area (Å²) in [6.07, 6.45) is 26.7. The minimum Gasteiger partial charge on any atom is -0.462 e. The van der Waals surface area contributed by atoms with Crippen molar-refractivity contribution >= 4 is 27.6 Å². The van der Waals surface area contributed by atoms with Gasteiger partial charge in [-0.3, -0.25) is 23.2 Å². The summed E-state index contributed by atoms with van der Waals surface area (Å²) in [5, 5.41) is 62.0. The van der Waals surface area contributed by atoms with Crippen molar-refractivity contribution in [1.82, 2.24) is 0 Å². The zero-order valence-corrected chi connectivity index (χ0v) is 42.0. The number of unbranched alkanes of at least 4 members (excludes halogenated alkanes) is 4. The number of ether oxygens (including phenoxy) is 2. The maximum Gasteiger partial charge on any atom is 0.472 e. The van der Waals surface area contributed by atoms with Crippen LogP contribution < -0.4 is 0 Å². The number of allylic oxidation sites excluding steroid dienone is 15. The Balaban J connectivity index is 2.74. The molecule has 0 aromatic carbocycles. The van der Waals surface area contributed by atoms with E-state index in [0.29, 0.717) is 25.7 Å². The average molecular weight is 1020 g/mol. The third-order valence-corrected chi connectivity index (χ3v) is 11.8. The summed E-state index contributed by atoms with van der Waals surface area (Å²) in [7, 11) is -10.8. The Bertz CT molecular complexity index is 1740. The highest BCUT2D eigenvalue weighted by atomic mass is 31.2. The lowest BCUT2D eigenvalue weighted by Gasteiger charge is -2.43. The van der Waals surface area contributed by atoms with E-state index in [-0.39, 0.29) is 32.1 Å². The summed E-state index contributed by atoms with van der Waals surface area (Å²) in [5.74, 6) is -1.57. The number of rotatable bonds is 38. The molecular weight excluding hydrogens is 938 g/mol. The van der Waals surface area contributed by atoms with Crippen molar-refractivity contribution < 1.29 is 87.1 Å². The van der Waals surface area contributed by atoms with Gasteiger partial charge in [0.15, 0.2) is 6.10 Å². The fourth-order valence-corrected chi connectivity index (χ4v) is 8.05. The number of phosphoric ester groups is 2. The number of aliphatic hydroxyl groups excluding tert-OH is 6. The maximum absolute atomic E-state index is 13.0. The summed E-state index contributed by atoms with van der Waals surface area (Å²) in [6, 6.07) is 0. The highest BCUT2D eigenvalue weighted by molar-refractivity contribution is 7.47. The molecule has 9 N–H and O–H groups in total. The molecule has 1 saturated carbocycles. The van der Waals surface area contributed by atoms with Crippen molar-refractivity contribution in [2.45, 2.75) is 184 Å². The molecule has 394 valence electrons. The molecule has 0 aromatic rings. The molecule has 0 radical (unpaired) electrons. The van der Waals surface area contributed by atoms with Gasteiger partial charge in [0.25, 0.3) is 0 Å². The molecule has 69 heavy (non-hydrogen) atoms. The Hall–Kier alpha value is -3.16. The van der Waals surface area contributed by atoms with E-state index in [0.717, 1.165) is 38.5 Å². The minimum absolute atomic E-state index is 0.0560. The van der Waals surface area contributed by atoms with Crippen molar-refractivity contribution in [3.05, 3.63) is 97.2 Å². The number of hydrogen-bond donors (Lipinski definition) is 9. The van der Waals surface area contributed by atoms with Gasteiger partial charge < -0.3 is 54.8 Å². The first kappa shape index (κ1) is 63.9. The number of carbonyl (C=O) groups is 2. The fraction of sp³-hybridized carbons (Fsp3) is 0.633. The van der Waals surface area contributed by atoms with Gasteiger partial charge in [0.05, 0.1) is 18.8 Å². The van der Waals surface area contributed by atoms with E-state index in [2.05, 4.69) is 73.1 Å². The van der Waals surface area contributed by atoms with Crippen molar-refractivity contribution in [3.8, 4) is 0 Å². The van der Waals surface area contributed by atoms with E-state index in [4.69, 9.17) is 18.5 Å². The second-order valence-corrected chi connectivity index (χ2v) is 19.0. The van der Waals surface area contributed by atoms with Crippen molar-refractivity contribution in [2.24, 2.45) is 0 Å². The van der Waals surface area contributed by atoms with Crippen LogP contribution in [0.3, 0.4) is 0 Å². The highest BCUT2D eigenvalue weighted by Gasteiger charge is 2.54. The molecule has 1 aliphatic carbocycles. The summed E-state index contributed by atoms with van der Waals surface area (Å²) in [4.78, 5) is 54.3. The smallest absolute Gasteiger partial charge is 0.462 e. The molecule has 0 bridgehead atoms. The Morgan fingerprint density at radius 2 is 1.01 bits per heavy atom. The molecule has 0 heterocycles. The van der Waals surface area contributed by atoms with E-state index in [1.54, 1.807) is 6.08 Å². The Morgan fingerprint density at radius 3 is 1.54 bits per heavy atom. The van der Waals surface area contributed by atoms with Crippen molar-refractivity contribution in [3.63, 3.8) is 0 Å². The number of hydrogen-bond acceptors (Lipinski definition) is 15. The summed E-state index contributed by atoms with van der Waals surface area (Å²) in [6.45, 7) is 2.65.